The highest BCUT2D eigenvalue weighted by atomic mass is 35.5. The zero-order valence-electron chi connectivity index (χ0n) is 10.3. The lowest BCUT2D eigenvalue weighted by atomic mass is 10.2. The number of phenolic OH excluding ortho intramolecular Hbond substituents is 1. The lowest BCUT2D eigenvalue weighted by Crippen LogP contribution is -1.98. The van der Waals surface area contributed by atoms with Gasteiger partial charge in [0.1, 0.15) is 11.0 Å². The van der Waals surface area contributed by atoms with Crippen LogP contribution in [0.15, 0.2) is 17.0 Å². The Labute approximate surface area is 116 Å². The number of hydrogen-bond acceptors (Lipinski definition) is 5. The minimum absolute atomic E-state index is 0.0167. The molecule has 0 fully saturated rings. The summed E-state index contributed by atoms with van der Waals surface area (Å²) in [6.45, 7) is 2.04. The third-order valence-electron chi connectivity index (χ3n) is 2.16. The fourth-order valence-corrected chi connectivity index (χ4v) is 2.05. The molecule has 7 heteroatoms. The standard InChI is InChI=1S/C12H12ClNO4S/c1-3-18-11-6-8(5-10(13)12(11)15)4-9(7-14)19(2,16)17/h4-6,15H,3H2,1-2H3/b9-4+. The Bertz CT molecular complexity index is 659. The van der Waals surface area contributed by atoms with E-state index in [-0.39, 0.29) is 16.5 Å². The summed E-state index contributed by atoms with van der Waals surface area (Å²) in [6, 6.07) is 4.36. The van der Waals surface area contributed by atoms with Gasteiger partial charge in [-0.3, -0.25) is 0 Å². The quantitative estimate of drug-likeness (QED) is 0.863. The first kappa shape index (κ1) is 15.3. The van der Waals surface area contributed by atoms with Crippen molar-refractivity contribution in [3.8, 4) is 17.6 Å². The zero-order chi connectivity index (χ0) is 14.6. The second kappa shape index (κ2) is 5.95. The lowest BCUT2D eigenvalue weighted by Gasteiger charge is -2.08. The molecule has 0 aliphatic heterocycles. The van der Waals surface area contributed by atoms with Gasteiger partial charge < -0.3 is 9.84 Å². The molecule has 0 aliphatic carbocycles. The number of aromatic hydroxyl groups is 1. The van der Waals surface area contributed by atoms with Crippen molar-refractivity contribution in [1.82, 2.24) is 0 Å². The Morgan fingerprint density at radius 3 is 2.68 bits per heavy atom. The molecule has 0 unspecified atom stereocenters. The summed E-state index contributed by atoms with van der Waals surface area (Å²) < 4.78 is 27.8. The van der Waals surface area contributed by atoms with Crippen molar-refractivity contribution in [3.63, 3.8) is 0 Å². The van der Waals surface area contributed by atoms with Crippen LogP contribution in [0.1, 0.15) is 12.5 Å². The van der Waals surface area contributed by atoms with Gasteiger partial charge in [0.05, 0.1) is 11.6 Å². The van der Waals surface area contributed by atoms with E-state index in [1.54, 1.807) is 13.0 Å². The van der Waals surface area contributed by atoms with Crippen LogP contribution in [0.25, 0.3) is 6.08 Å². The first-order chi connectivity index (χ1) is 8.79. The Morgan fingerprint density at radius 1 is 1.58 bits per heavy atom. The van der Waals surface area contributed by atoms with Crippen LogP contribution in [0.3, 0.4) is 0 Å². The zero-order valence-corrected chi connectivity index (χ0v) is 11.9. The average Bonchev–Trinajstić information content (AvgIpc) is 2.31. The maximum absolute atomic E-state index is 11.3. The molecule has 0 spiro atoms. The van der Waals surface area contributed by atoms with Crippen molar-refractivity contribution in [3.05, 3.63) is 27.6 Å². The van der Waals surface area contributed by atoms with Gasteiger partial charge in [-0.2, -0.15) is 5.26 Å². The van der Waals surface area contributed by atoms with Gasteiger partial charge in [0.2, 0.25) is 0 Å². The molecule has 0 amide bonds. The van der Waals surface area contributed by atoms with Gasteiger partial charge >= 0.3 is 0 Å². The van der Waals surface area contributed by atoms with Crippen LogP contribution in [-0.4, -0.2) is 26.4 Å². The van der Waals surface area contributed by atoms with Crippen molar-refractivity contribution in [2.75, 3.05) is 12.9 Å². The summed E-state index contributed by atoms with van der Waals surface area (Å²) in [6.07, 6.45) is 2.11. The van der Waals surface area contributed by atoms with Crippen molar-refractivity contribution in [2.45, 2.75) is 6.92 Å². The highest BCUT2D eigenvalue weighted by Crippen LogP contribution is 2.35. The highest BCUT2D eigenvalue weighted by molar-refractivity contribution is 7.95. The number of hydrogen-bond donors (Lipinski definition) is 1. The normalized spacial score (nSPS) is 12.0. The Morgan fingerprint density at radius 2 is 2.21 bits per heavy atom. The second-order valence-corrected chi connectivity index (χ2v) is 6.07. The predicted molar refractivity (Wildman–Crippen MR) is 72.7 cm³/mol. The third kappa shape index (κ3) is 3.88. The average molecular weight is 302 g/mol. The Kier molecular flexibility index (Phi) is 4.81. The maximum atomic E-state index is 11.3. The number of allylic oxidation sites excluding steroid dienone is 1. The Balaban J connectivity index is 3.38. The van der Waals surface area contributed by atoms with Gasteiger partial charge in [-0.15, -0.1) is 0 Å². The van der Waals surface area contributed by atoms with E-state index >= 15 is 0 Å². The molecular formula is C12H12ClNO4S. The molecule has 0 saturated heterocycles. The van der Waals surface area contributed by atoms with Gasteiger partial charge in [0.25, 0.3) is 0 Å². The molecule has 0 radical (unpaired) electrons. The van der Waals surface area contributed by atoms with Crippen LogP contribution in [0.2, 0.25) is 5.02 Å². The number of sulfone groups is 1. The monoisotopic (exact) mass is 301 g/mol. The fraction of sp³-hybridized carbons (Fsp3) is 0.250. The van der Waals surface area contributed by atoms with Gasteiger partial charge in [-0.1, -0.05) is 11.6 Å². The molecule has 0 saturated carbocycles. The number of halogens is 1. The number of nitriles is 1. The van der Waals surface area contributed by atoms with E-state index in [1.807, 2.05) is 0 Å². The molecule has 102 valence electrons. The smallest absolute Gasteiger partial charge is 0.185 e. The van der Waals surface area contributed by atoms with Crippen molar-refractivity contribution in [2.24, 2.45) is 0 Å². The van der Waals surface area contributed by atoms with E-state index in [2.05, 4.69) is 0 Å². The number of phenols is 1. The molecule has 19 heavy (non-hydrogen) atoms. The second-order valence-electron chi connectivity index (χ2n) is 3.68. The van der Waals surface area contributed by atoms with Gasteiger partial charge in [0, 0.05) is 6.26 Å². The first-order valence-electron chi connectivity index (χ1n) is 5.26. The number of ether oxygens (including phenoxy) is 1. The molecule has 0 bridgehead atoms. The molecule has 0 aromatic heterocycles. The SMILES string of the molecule is CCOc1cc(/C=C(\C#N)S(C)(=O)=O)cc(Cl)c1O. The summed E-state index contributed by atoms with van der Waals surface area (Å²) in [5.74, 6) is -0.0921. The van der Waals surface area contributed by atoms with Crippen LogP contribution in [0.4, 0.5) is 0 Å². The molecule has 1 aromatic rings. The number of benzene rings is 1. The van der Waals surface area contributed by atoms with Crippen LogP contribution in [-0.2, 0) is 9.84 Å². The Hall–Kier alpha value is -1.71. The lowest BCUT2D eigenvalue weighted by molar-refractivity contribution is 0.318. The predicted octanol–water partition coefficient (Wildman–Crippen LogP) is 2.35. The van der Waals surface area contributed by atoms with E-state index in [1.165, 1.54) is 18.2 Å². The molecule has 0 heterocycles. The molecule has 5 nitrogen and oxygen atoms in total. The first-order valence-corrected chi connectivity index (χ1v) is 7.53. The van der Waals surface area contributed by atoms with Crippen molar-refractivity contribution < 1.29 is 18.3 Å². The van der Waals surface area contributed by atoms with E-state index in [9.17, 15) is 13.5 Å². The highest BCUT2D eigenvalue weighted by Gasteiger charge is 2.13. The van der Waals surface area contributed by atoms with Crippen LogP contribution in [0, 0.1) is 11.3 Å². The topological polar surface area (TPSA) is 87.4 Å². The molecule has 0 atom stereocenters. The maximum Gasteiger partial charge on any atom is 0.185 e. The molecule has 1 rings (SSSR count). The minimum Gasteiger partial charge on any atom is -0.503 e. The third-order valence-corrected chi connectivity index (χ3v) is 3.45. The summed E-state index contributed by atoms with van der Waals surface area (Å²) in [5, 5.41) is 18.5. The molecule has 1 N–H and O–H groups in total. The molecule has 0 aliphatic rings. The van der Waals surface area contributed by atoms with Crippen LogP contribution < -0.4 is 4.74 Å². The van der Waals surface area contributed by atoms with E-state index in [0.29, 0.717) is 12.2 Å². The summed E-state index contributed by atoms with van der Waals surface area (Å²) in [5.41, 5.74) is 0.355. The van der Waals surface area contributed by atoms with Crippen molar-refractivity contribution >= 4 is 27.5 Å². The van der Waals surface area contributed by atoms with Gasteiger partial charge in [-0.25, -0.2) is 8.42 Å². The summed E-state index contributed by atoms with van der Waals surface area (Å²) >= 11 is 5.80. The van der Waals surface area contributed by atoms with Gasteiger partial charge in [0.15, 0.2) is 21.3 Å². The minimum atomic E-state index is -3.61. The van der Waals surface area contributed by atoms with Gasteiger partial charge in [-0.05, 0) is 30.7 Å². The number of nitrogens with zero attached hydrogens (tertiary/aromatic N) is 1. The van der Waals surface area contributed by atoms with E-state index < -0.39 is 14.7 Å². The summed E-state index contributed by atoms with van der Waals surface area (Å²) in [4.78, 5) is -0.392. The van der Waals surface area contributed by atoms with E-state index in [4.69, 9.17) is 21.6 Å². The largest absolute Gasteiger partial charge is 0.503 e. The van der Waals surface area contributed by atoms with Crippen LogP contribution in [0.5, 0.6) is 11.5 Å². The molecule has 1 aromatic carbocycles. The fourth-order valence-electron chi connectivity index (χ4n) is 1.32. The molecular weight excluding hydrogens is 290 g/mol. The van der Waals surface area contributed by atoms with E-state index in [0.717, 1.165) is 6.26 Å². The number of rotatable bonds is 4. The van der Waals surface area contributed by atoms with Crippen LogP contribution >= 0.6 is 11.6 Å². The van der Waals surface area contributed by atoms with Crippen molar-refractivity contribution in [1.29, 1.82) is 5.26 Å². The summed E-state index contributed by atoms with van der Waals surface area (Å²) in [7, 11) is -3.61.